The molecule has 1 aromatic heterocycles. The highest BCUT2D eigenvalue weighted by atomic mass is 19.1. The van der Waals surface area contributed by atoms with Crippen molar-refractivity contribution in [1.82, 2.24) is 20.4 Å². The zero-order valence-electron chi connectivity index (χ0n) is 15.9. The smallest absolute Gasteiger partial charge is 0.288 e. The third-order valence-electron chi connectivity index (χ3n) is 3.95. The predicted octanol–water partition coefficient (Wildman–Crippen LogP) is 3.05. The number of nitrogens with one attached hydrogen (secondary N) is 2. The van der Waals surface area contributed by atoms with Gasteiger partial charge < -0.3 is 4.74 Å². The van der Waals surface area contributed by atoms with E-state index in [9.17, 15) is 14.0 Å². The van der Waals surface area contributed by atoms with E-state index in [1.54, 1.807) is 36.4 Å². The van der Waals surface area contributed by atoms with Crippen LogP contribution in [0.2, 0.25) is 0 Å². The van der Waals surface area contributed by atoms with Crippen molar-refractivity contribution in [3.8, 4) is 11.4 Å². The first-order valence-electron chi connectivity index (χ1n) is 8.97. The Hall–Kier alpha value is -4.20. The van der Waals surface area contributed by atoms with Crippen LogP contribution in [0.1, 0.15) is 16.1 Å². The Kier molecular flexibility index (Phi) is 6.73. The van der Waals surface area contributed by atoms with Crippen molar-refractivity contribution in [3.05, 3.63) is 96.9 Å². The third-order valence-corrected chi connectivity index (χ3v) is 3.95. The maximum absolute atomic E-state index is 13.1. The molecule has 0 atom stereocenters. The van der Waals surface area contributed by atoms with Crippen LogP contribution >= 0.6 is 0 Å². The average molecular weight is 406 g/mol. The van der Waals surface area contributed by atoms with Crippen molar-refractivity contribution >= 4 is 17.9 Å². The first-order chi connectivity index (χ1) is 14.6. The summed E-state index contributed by atoms with van der Waals surface area (Å²) in [6, 6.07) is 12.7. The van der Waals surface area contributed by atoms with Crippen LogP contribution in [0.25, 0.3) is 11.8 Å². The van der Waals surface area contributed by atoms with E-state index in [1.165, 1.54) is 47.4 Å². The van der Waals surface area contributed by atoms with Gasteiger partial charge in [0.25, 0.3) is 11.8 Å². The van der Waals surface area contributed by atoms with Gasteiger partial charge in [0.1, 0.15) is 23.9 Å². The number of hydrogen-bond donors (Lipinski definition) is 2. The lowest BCUT2D eigenvalue weighted by atomic mass is 10.2. The Morgan fingerprint density at radius 2 is 1.83 bits per heavy atom. The molecule has 0 radical (unpaired) electrons. The first-order valence-corrected chi connectivity index (χ1v) is 8.97. The van der Waals surface area contributed by atoms with E-state index in [0.717, 1.165) is 5.56 Å². The summed E-state index contributed by atoms with van der Waals surface area (Å²) in [5.41, 5.74) is 6.16. The lowest BCUT2D eigenvalue weighted by Gasteiger charge is -2.09. The largest absolute Gasteiger partial charge is 0.490 e. The van der Waals surface area contributed by atoms with Gasteiger partial charge in [-0.05, 0) is 48.0 Å². The summed E-state index contributed by atoms with van der Waals surface area (Å²) in [6.45, 7) is 4.00. The molecular formula is C22H19FN4O3. The molecule has 0 bridgehead atoms. The highest BCUT2D eigenvalue weighted by molar-refractivity contribution is 5.97. The number of hydrogen-bond acceptors (Lipinski definition) is 4. The predicted molar refractivity (Wildman–Crippen MR) is 110 cm³/mol. The van der Waals surface area contributed by atoms with Crippen LogP contribution in [-0.2, 0) is 4.79 Å². The molecular weight excluding hydrogens is 387 g/mol. The van der Waals surface area contributed by atoms with Gasteiger partial charge in [0.05, 0.1) is 12.5 Å². The monoisotopic (exact) mass is 406 g/mol. The number of aromatic nitrogens is 2. The van der Waals surface area contributed by atoms with Crippen LogP contribution in [0.3, 0.4) is 0 Å². The molecule has 8 heteroatoms. The van der Waals surface area contributed by atoms with Gasteiger partial charge >= 0.3 is 0 Å². The maximum Gasteiger partial charge on any atom is 0.288 e. The fourth-order valence-corrected chi connectivity index (χ4v) is 2.50. The summed E-state index contributed by atoms with van der Waals surface area (Å²) in [4.78, 5) is 28.3. The normalized spacial score (nSPS) is 10.6. The van der Waals surface area contributed by atoms with E-state index in [0.29, 0.717) is 18.0 Å². The Balaban J connectivity index is 1.55. The molecule has 0 fully saturated rings. The molecule has 3 aromatic rings. The van der Waals surface area contributed by atoms with E-state index in [1.807, 2.05) is 0 Å². The summed E-state index contributed by atoms with van der Waals surface area (Å²) < 4.78 is 20.0. The van der Waals surface area contributed by atoms with Crippen LogP contribution in [0, 0.1) is 5.82 Å². The van der Waals surface area contributed by atoms with Gasteiger partial charge in [-0.2, -0.15) is 0 Å². The quantitative estimate of drug-likeness (QED) is 0.359. The number of ether oxygens (including phenoxy) is 1. The number of nitrogens with zero attached hydrogens (tertiary/aromatic N) is 2. The van der Waals surface area contributed by atoms with Gasteiger partial charge in [0.15, 0.2) is 0 Å². The zero-order chi connectivity index (χ0) is 21.3. The van der Waals surface area contributed by atoms with Crippen molar-refractivity contribution in [3.63, 3.8) is 0 Å². The lowest BCUT2D eigenvalue weighted by Crippen LogP contribution is -2.41. The van der Waals surface area contributed by atoms with Gasteiger partial charge in [0, 0.05) is 11.8 Å². The van der Waals surface area contributed by atoms with Gasteiger partial charge in [-0.15, -0.1) is 0 Å². The molecule has 30 heavy (non-hydrogen) atoms. The number of halogens is 1. The fourth-order valence-electron chi connectivity index (χ4n) is 2.50. The van der Waals surface area contributed by atoms with E-state index in [4.69, 9.17) is 4.74 Å². The van der Waals surface area contributed by atoms with Crippen molar-refractivity contribution in [2.24, 2.45) is 0 Å². The van der Waals surface area contributed by atoms with Crippen molar-refractivity contribution in [1.29, 1.82) is 0 Å². The fraction of sp³-hybridized carbons (Fsp3) is 0.0455. The molecule has 7 nitrogen and oxygen atoms in total. The van der Waals surface area contributed by atoms with Crippen LogP contribution in [0.15, 0.2) is 79.8 Å². The molecule has 0 saturated carbocycles. The summed E-state index contributed by atoms with van der Waals surface area (Å²) in [5, 5.41) is 0. The first kappa shape index (κ1) is 20.5. The highest BCUT2D eigenvalue weighted by Gasteiger charge is 2.13. The van der Waals surface area contributed by atoms with Crippen LogP contribution in [-0.4, -0.2) is 28.0 Å². The SMILES string of the molecule is C=CCOc1ccc(/C=C/C(=O)NNC(=O)c2cncn2-c2ccc(F)cc2)cc1. The number of hydrazine groups is 1. The van der Waals surface area contributed by atoms with Crippen molar-refractivity contribution < 1.29 is 18.7 Å². The Morgan fingerprint density at radius 3 is 2.53 bits per heavy atom. The summed E-state index contributed by atoms with van der Waals surface area (Å²) >= 11 is 0. The minimum atomic E-state index is -0.567. The number of rotatable bonds is 7. The third kappa shape index (κ3) is 5.41. The number of benzene rings is 2. The average Bonchev–Trinajstić information content (AvgIpc) is 3.26. The number of carbonyl (C=O) groups excluding carboxylic acids is 2. The molecule has 2 amide bonds. The molecule has 3 rings (SSSR count). The molecule has 0 aliphatic rings. The molecule has 0 aliphatic heterocycles. The van der Waals surface area contributed by atoms with Gasteiger partial charge in [0.2, 0.25) is 0 Å². The second kappa shape index (κ2) is 9.83. The Morgan fingerprint density at radius 1 is 1.10 bits per heavy atom. The number of amides is 2. The van der Waals surface area contributed by atoms with Crippen LogP contribution < -0.4 is 15.6 Å². The minimum Gasteiger partial charge on any atom is -0.490 e. The number of imidazole rings is 1. The molecule has 152 valence electrons. The van der Waals surface area contributed by atoms with Gasteiger partial charge in [-0.25, -0.2) is 9.37 Å². The molecule has 0 spiro atoms. The molecule has 0 unspecified atom stereocenters. The van der Waals surface area contributed by atoms with Crippen molar-refractivity contribution in [2.45, 2.75) is 0 Å². The molecule has 0 saturated heterocycles. The second-order valence-corrected chi connectivity index (χ2v) is 6.07. The topological polar surface area (TPSA) is 85.2 Å². The Bertz CT molecular complexity index is 1060. The molecule has 2 N–H and O–H groups in total. The zero-order valence-corrected chi connectivity index (χ0v) is 15.9. The van der Waals surface area contributed by atoms with E-state index in [-0.39, 0.29) is 11.5 Å². The van der Waals surface area contributed by atoms with E-state index < -0.39 is 11.8 Å². The van der Waals surface area contributed by atoms with E-state index >= 15 is 0 Å². The maximum atomic E-state index is 13.1. The number of carbonyl (C=O) groups is 2. The van der Waals surface area contributed by atoms with Crippen molar-refractivity contribution in [2.75, 3.05) is 6.61 Å². The molecule has 0 aliphatic carbocycles. The summed E-state index contributed by atoms with van der Waals surface area (Å²) in [5.74, 6) is -0.769. The van der Waals surface area contributed by atoms with Crippen LogP contribution in [0.4, 0.5) is 4.39 Å². The molecule has 2 aromatic carbocycles. The highest BCUT2D eigenvalue weighted by Crippen LogP contribution is 2.13. The minimum absolute atomic E-state index is 0.181. The summed E-state index contributed by atoms with van der Waals surface area (Å²) in [6.07, 6.45) is 7.31. The van der Waals surface area contributed by atoms with Gasteiger partial charge in [-0.3, -0.25) is 25.0 Å². The van der Waals surface area contributed by atoms with E-state index in [2.05, 4.69) is 22.4 Å². The second-order valence-electron chi connectivity index (χ2n) is 6.07. The summed E-state index contributed by atoms with van der Waals surface area (Å²) in [7, 11) is 0. The van der Waals surface area contributed by atoms with Gasteiger partial charge in [-0.1, -0.05) is 24.8 Å². The lowest BCUT2D eigenvalue weighted by molar-refractivity contribution is -0.117. The molecule has 1 heterocycles. The van der Waals surface area contributed by atoms with Crippen LogP contribution in [0.5, 0.6) is 5.75 Å². The Labute approximate surface area is 172 Å². The standard InChI is InChI=1S/C22H19FN4O3/c1-2-13-30-19-10-3-16(4-11-19)5-12-21(28)25-26-22(29)20-14-24-15-27(20)18-8-6-17(23)7-9-18/h2-12,14-15H,1,13H2,(H,25,28)(H,26,29)/b12-5+.